The highest BCUT2D eigenvalue weighted by atomic mass is 15.2. The van der Waals surface area contributed by atoms with Gasteiger partial charge < -0.3 is 5.32 Å². The Hall–Kier alpha value is -0.0800. The molecule has 100 valence electrons. The number of nitrogens with zero attached hydrogens (tertiary/aromatic N) is 1. The van der Waals surface area contributed by atoms with Gasteiger partial charge in [-0.2, -0.15) is 0 Å². The van der Waals surface area contributed by atoms with Crippen LogP contribution in [-0.2, 0) is 0 Å². The van der Waals surface area contributed by atoms with Gasteiger partial charge in [0.1, 0.15) is 0 Å². The Morgan fingerprint density at radius 2 is 1.82 bits per heavy atom. The van der Waals surface area contributed by atoms with Crippen molar-refractivity contribution in [3.05, 3.63) is 0 Å². The minimum atomic E-state index is 0.552. The zero-order valence-corrected chi connectivity index (χ0v) is 12.1. The average molecular weight is 238 g/mol. The fourth-order valence-corrected chi connectivity index (χ4v) is 3.72. The van der Waals surface area contributed by atoms with Gasteiger partial charge in [0.15, 0.2) is 0 Å². The van der Waals surface area contributed by atoms with E-state index in [-0.39, 0.29) is 0 Å². The Balaban J connectivity index is 1.96. The molecule has 0 aliphatic carbocycles. The van der Waals surface area contributed by atoms with Gasteiger partial charge in [0.25, 0.3) is 0 Å². The fraction of sp³-hybridized carbons (Fsp3) is 1.00. The zero-order chi connectivity index (χ0) is 12.5. The SMILES string of the molecule is CC1CC(C)C(C)N(CC2(C)CCNCC2)C1. The highest BCUT2D eigenvalue weighted by molar-refractivity contribution is 4.89. The van der Waals surface area contributed by atoms with Crippen LogP contribution in [-0.4, -0.2) is 37.1 Å². The first kappa shape index (κ1) is 13.4. The highest BCUT2D eigenvalue weighted by Crippen LogP contribution is 2.34. The summed E-state index contributed by atoms with van der Waals surface area (Å²) in [5.74, 6) is 1.75. The molecule has 2 nitrogen and oxygen atoms in total. The summed E-state index contributed by atoms with van der Waals surface area (Å²) in [7, 11) is 0. The van der Waals surface area contributed by atoms with Crippen LogP contribution in [0.15, 0.2) is 0 Å². The van der Waals surface area contributed by atoms with Crippen LogP contribution in [0.25, 0.3) is 0 Å². The van der Waals surface area contributed by atoms with E-state index in [1.807, 2.05) is 0 Å². The summed E-state index contributed by atoms with van der Waals surface area (Å²) in [5.41, 5.74) is 0.552. The van der Waals surface area contributed by atoms with Gasteiger partial charge in [0, 0.05) is 19.1 Å². The Bertz CT molecular complexity index is 245. The minimum Gasteiger partial charge on any atom is -0.317 e. The summed E-state index contributed by atoms with van der Waals surface area (Å²) in [6, 6.07) is 0.776. The molecule has 2 rings (SSSR count). The lowest BCUT2D eigenvalue weighted by Crippen LogP contribution is -2.51. The highest BCUT2D eigenvalue weighted by Gasteiger charge is 2.35. The molecule has 2 heterocycles. The van der Waals surface area contributed by atoms with Crippen LogP contribution in [0.2, 0.25) is 0 Å². The van der Waals surface area contributed by atoms with Crippen LogP contribution in [0.1, 0.15) is 47.0 Å². The molecule has 0 aromatic heterocycles. The Morgan fingerprint density at radius 1 is 1.18 bits per heavy atom. The first-order valence-corrected chi connectivity index (χ1v) is 7.45. The largest absolute Gasteiger partial charge is 0.317 e. The normalized spacial score (nSPS) is 39.2. The molecular weight excluding hydrogens is 208 g/mol. The van der Waals surface area contributed by atoms with Gasteiger partial charge >= 0.3 is 0 Å². The first-order valence-electron chi connectivity index (χ1n) is 7.45. The molecule has 0 spiro atoms. The minimum absolute atomic E-state index is 0.552. The third kappa shape index (κ3) is 3.23. The van der Waals surface area contributed by atoms with E-state index in [0.29, 0.717) is 5.41 Å². The smallest absolute Gasteiger partial charge is 0.00930 e. The van der Waals surface area contributed by atoms with Crippen LogP contribution in [0.4, 0.5) is 0 Å². The standard InChI is InChI=1S/C15H30N2/c1-12-9-13(2)14(3)17(10-12)11-15(4)5-7-16-8-6-15/h12-14,16H,5-11H2,1-4H3. The second-order valence-corrected chi connectivity index (χ2v) is 7.05. The van der Waals surface area contributed by atoms with E-state index in [0.717, 1.165) is 17.9 Å². The quantitative estimate of drug-likeness (QED) is 0.796. The van der Waals surface area contributed by atoms with Crippen molar-refractivity contribution in [2.24, 2.45) is 17.3 Å². The molecule has 17 heavy (non-hydrogen) atoms. The molecule has 0 amide bonds. The van der Waals surface area contributed by atoms with Gasteiger partial charge in [0.05, 0.1) is 0 Å². The summed E-state index contributed by atoms with van der Waals surface area (Å²) < 4.78 is 0. The molecule has 2 fully saturated rings. The van der Waals surface area contributed by atoms with Gasteiger partial charge in [-0.05, 0) is 56.5 Å². The fourth-order valence-electron chi connectivity index (χ4n) is 3.72. The summed E-state index contributed by atoms with van der Waals surface area (Å²) in [6.45, 7) is 14.8. The van der Waals surface area contributed by atoms with E-state index in [9.17, 15) is 0 Å². The summed E-state index contributed by atoms with van der Waals surface area (Å²) in [4.78, 5) is 2.77. The molecule has 0 bridgehead atoms. The number of piperidine rings is 2. The molecule has 2 aliphatic rings. The van der Waals surface area contributed by atoms with E-state index in [2.05, 4.69) is 37.9 Å². The number of likely N-dealkylation sites (tertiary alicyclic amines) is 1. The Labute approximate surface area is 107 Å². The molecule has 2 saturated heterocycles. The predicted molar refractivity (Wildman–Crippen MR) is 74.2 cm³/mol. The molecule has 0 saturated carbocycles. The van der Waals surface area contributed by atoms with Crippen molar-refractivity contribution in [2.75, 3.05) is 26.2 Å². The monoisotopic (exact) mass is 238 g/mol. The van der Waals surface area contributed by atoms with Crippen LogP contribution < -0.4 is 5.32 Å². The lowest BCUT2D eigenvalue weighted by molar-refractivity contribution is 0.0307. The summed E-state index contributed by atoms with van der Waals surface area (Å²) >= 11 is 0. The van der Waals surface area contributed by atoms with Crippen LogP contribution in [0, 0.1) is 17.3 Å². The van der Waals surface area contributed by atoms with Crippen LogP contribution in [0.3, 0.4) is 0 Å². The van der Waals surface area contributed by atoms with Crippen molar-refractivity contribution in [3.63, 3.8) is 0 Å². The zero-order valence-electron chi connectivity index (χ0n) is 12.1. The van der Waals surface area contributed by atoms with E-state index in [1.165, 1.54) is 45.4 Å². The van der Waals surface area contributed by atoms with Crippen LogP contribution in [0.5, 0.6) is 0 Å². The Kier molecular flexibility index (Phi) is 4.14. The first-order chi connectivity index (χ1) is 8.00. The molecule has 1 N–H and O–H groups in total. The topological polar surface area (TPSA) is 15.3 Å². The van der Waals surface area contributed by atoms with Crippen LogP contribution >= 0.6 is 0 Å². The van der Waals surface area contributed by atoms with E-state index < -0.39 is 0 Å². The van der Waals surface area contributed by atoms with Gasteiger partial charge in [-0.25, -0.2) is 0 Å². The molecule has 0 radical (unpaired) electrons. The molecule has 3 unspecified atom stereocenters. The van der Waals surface area contributed by atoms with E-state index in [4.69, 9.17) is 0 Å². The third-order valence-corrected chi connectivity index (χ3v) is 5.12. The predicted octanol–water partition coefficient (Wildman–Crippen LogP) is 2.74. The number of hydrogen-bond donors (Lipinski definition) is 1. The van der Waals surface area contributed by atoms with Gasteiger partial charge in [-0.15, -0.1) is 0 Å². The molecular formula is C15H30N2. The van der Waals surface area contributed by atoms with Gasteiger partial charge in [-0.3, -0.25) is 4.90 Å². The molecule has 0 aromatic carbocycles. The van der Waals surface area contributed by atoms with E-state index >= 15 is 0 Å². The average Bonchev–Trinajstić information content (AvgIpc) is 2.26. The number of nitrogens with one attached hydrogen (secondary N) is 1. The second kappa shape index (κ2) is 5.27. The third-order valence-electron chi connectivity index (χ3n) is 5.12. The number of hydrogen-bond acceptors (Lipinski definition) is 2. The Morgan fingerprint density at radius 3 is 2.47 bits per heavy atom. The van der Waals surface area contributed by atoms with Crippen molar-refractivity contribution < 1.29 is 0 Å². The summed E-state index contributed by atoms with van der Waals surface area (Å²) in [6.07, 6.45) is 4.11. The van der Waals surface area contributed by atoms with Crippen molar-refractivity contribution in [1.82, 2.24) is 10.2 Å². The maximum Gasteiger partial charge on any atom is 0.00930 e. The van der Waals surface area contributed by atoms with E-state index in [1.54, 1.807) is 0 Å². The van der Waals surface area contributed by atoms with Gasteiger partial charge in [-0.1, -0.05) is 20.8 Å². The molecule has 2 aliphatic heterocycles. The van der Waals surface area contributed by atoms with Crippen molar-refractivity contribution >= 4 is 0 Å². The van der Waals surface area contributed by atoms with Crippen molar-refractivity contribution in [1.29, 1.82) is 0 Å². The molecule has 2 heteroatoms. The summed E-state index contributed by atoms with van der Waals surface area (Å²) in [5, 5.41) is 3.49. The second-order valence-electron chi connectivity index (χ2n) is 7.05. The molecule has 3 atom stereocenters. The maximum absolute atomic E-state index is 3.49. The lowest BCUT2D eigenvalue weighted by atomic mass is 9.78. The van der Waals surface area contributed by atoms with Gasteiger partial charge in [0.2, 0.25) is 0 Å². The maximum atomic E-state index is 3.49. The lowest BCUT2D eigenvalue weighted by Gasteiger charge is -2.46. The van der Waals surface area contributed by atoms with Crippen molar-refractivity contribution in [2.45, 2.75) is 53.0 Å². The molecule has 0 aromatic rings. The van der Waals surface area contributed by atoms with Crippen molar-refractivity contribution in [3.8, 4) is 0 Å². The number of rotatable bonds is 2.